The SMILES string of the molecule is CC(O)CNC(=O)c1ccc(NS(=O)(=O)c2ccc(F)c(F)c2)cc1. The molecule has 0 radical (unpaired) electrons. The van der Waals surface area contributed by atoms with Crippen molar-refractivity contribution in [3.8, 4) is 0 Å². The van der Waals surface area contributed by atoms with Crippen molar-refractivity contribution in [1.82, 2.24) is 5.32 Å². The molecule has 0 aliphatic carbocycles. The highest BCUT2D eigenvalue weighted by Crippen LogP contribution is 2.18. The lowest BCUT2D eigenvalue weighted by Gasteiger charge is -2.10. The van der Waals surface area contributed by atoms with Gasteiger partial charge in [0.25, 0.3) is 15.9 Å². The summed E-state index contributed by atoms with van der Waals surface area (Å²) in [5.41, 5.74) is 0.424. The van der Waals surface area contributed by atoms with Gasteiger partial charge in [-0.3, -0.25) is 9.52 Å². The van der Waals surface area contributed by atoms with Gasteiger partial charge in [0, 0.05) is 17.8 Å². The summed E-state index contributed by atoms with van der Waals surface area (Å²) in [6, 6.07) is 7.73. The Morgan fingerprint density at radius 3 is 2.32 bits per heavy atom. The van der Waals surface area contributed by atoms with Crippen LogP contribution >= 0.6 is 0 Å². The molecule has 0 aliphatic heterocycles. The Labute approximate surface area is 143 Å². The van der Waals surface area contributed by atoms with Crippen LogP contribution in [0.25, 0.3) is 0 Å². The van der Waals surface area contributed by atoms with Crippen LogP contribution in [0.4, 0.5) is 14.5 Å². The Balaban J connectivity index is 2.12. The van der Waals surface area contributed by atoms with E-state index in [1.807, 2.05) is 0 Å². The maximum absolute atomic E-state index is 13.2. The van der Waals surface area contributed by atoms with Gasteiger partial charge in [-0.25, -0.2) is 17.2 Å². The van der Waals surface area contributed by atoms with Gasteiger partial charge in [0.05, 0.1) is 11.0 Å². The third-order valence-corrected chi connectivity index (χ3v) is 4.54. The van der Waals surface area contributed by atoms with Crippen LogP contribution in [0.2, 0.25) is 0 Å². The Morgan fingerprint density at radius 2 is 1.76 bits per heavy atom. The minimum absolute atomic E-state index is 0.0867. The summed E-state index contributed by atoms with van der Waals surface area (Å²) < 4.78 is 52.6. The molecule has 0 spiro atoms. The molecule has 2 rings (SSSR count). The number of halogens is 2. The number of aliphatic hydroxyl groups is 1. The van der Waals surface area contributed by atoms with Gasteiger partial charge in [-0.1, -0.05) is 0 Å². The van der Waals surface area contributed by atoms with Crippen LogP contribution in [0.15, 0.2) is 47.4 Å². The summed E-state index contributed by atoms with van der Waals surface area (Å²) in [4.78, 5) is 11.4. The zero-order chi connectivity index (χ0) is 18.6. The topological polar surface area (TPSA) is 95.5 Å². The standard InChI is InChI=1S/C16H16F2N2O4S/c1-10(21)9-19-16(22)11-2-4-12(5-3-11)20-25(23,24)13-6-7-14(17)15(18)8-13/h2-8,10,20-21H,9H2,1H3,(H,19,22). The Bertz CT molecular complexity index is 868. The van der Waals surface area contributed by atoms with E-state index in [9.17, 15) is 22.0 Å². The lowest BCUT2D eigenvalue weighted by atomic mass is 10.2. The second-order valence-corrected chi connectivity index (χ2v) is 7.00. The van der Waals surface area contributed by atoms with E-state index in [1.54, 1.807) is 0 Å². The quantitative estimate of drug-likeness (QED) is 0.723. The number of aliphatic hydroxyl groups excluding tert-OH is 1. The Kier molecular flexibility index (Phi) is 5.70. The first-order valence-electron chi connectivity index (χ1n) is 7.23. The molecule has 1 atom stereocenters. The largest absolute Gasteiger partial charge is 0.392 e. The van der Waals surface area contributed by atoms with E-state index in [2.05, 4.69) is 10.0 Å². The van der Waals surface area contributed by atoms with Crippen molar-refractivity contribution in [1.29, 1.82) is 0 Å². The Morgan fingerprint density at radius 1 is 1.12 bits per heavy atom. The molecule has 0 fully saturated rings. The van der Waals surface area contributed by atoms with Crippen molar-refractivity contribution in [3.63, 3.8) is 0 Å². The van der Waals surface area contributed by atoms with E-state index in [-0.39, 0.29) is 17.8 Å². The lowest BCUT2D eigenvalue weighted by molar-refractivity contribution is 0.0924. The van der Waals surface area contributed by atoms with Gasteiger partial charge in [0.15, 0.2) is 11.6 Å². The highest BCUT2D eigenvalue weighted by Gasteiger charge is 2.17. The van der Waals surface area contributed by atoms with E-state index in [0.717, 1.165) is 12.1 Å². The van der Waals surface area contributed by atoms with Crippen molar-refractivity contribution in [2.24, 2.45) is 0 Å². The second-order valence-electron chi connectivity index (χ2n) is 5.32. The van der Waals surface area contributed by atoms with Crippen molar-refractivity contribution in [2.75, 3.05) is 11.3 Å². The predicted octanol–water partition coefficient (Wildman–Crippen LogP) is 1.88. The maximum atomic E-state index is 13.2. The van der Waals surface area contributed by atoms with Gasteiger partial charge in [0.1, 0.15) is 0 Å². The molecule has 0 bridgehead atoms. The molecular weight excluding hydrogens is 354 g/mol. The molecule has 25 heavy (non-hydrogen) atoms. The first-order chi connectivity index (χ1) is 11.7. The molecule has 0 saturated heterocycles. The molecule has 6 nitrogen and oxygen atoms in total. The Hall–Kier alpha value is -2.52. The van der Waals surface area contributed by atoms with Gasteiger partial charge >= 0.3 is 0 Å². The van der Waals surface area contributed by atoms with Crippen molar-refractivity contribution in [2.45, 2.75) is 17.9 Å². The molecular formula is C16H16F2N2O4S. The number of carbonyl (C=O) groups excluding carboxylic acids is 1. The van der Waals surface area contributed by atoms with Crippen molar-refractivity contribution < 1.29 is 27.1 Å². The molecule has 0 aromatic heterocycles. The zero-order valence-electron chi connectivity index (χ0n) is 13.2. The van der Waals surface area contributed by atoms with Crippen LogP contribution in [-0.2, 0) is 10.0 Å². The van der Waals surface area contributed by atoms with Gasteiger partial charge in [0.2, 0.25) is 0 Å². The minimum atomic E-state index is -4.10. The van der Waals surface area contributed by atoms with E-state index in [4.69, 9.17) is 5.11 Å². The number of hydrogen-bond donors (Lipinski definition) is 3. The summed E-state index contributed by atoms with van der Waals surface area (Å²) in [5.74, 6) is -2.84. The van der Waals surface area contributed by atoms with Crippen molar-refractivity contribution >= 4 is 21.6 Å². The number of carbonyl (C=O) groups is 1. The maximum Gasteiger partial charge on any atom is 0.261 e. The molecule has 3 N–H and O–H groups in total. The molecule has 134 valence electrons. The van der Waals surface area contributed by atoms with Gasteiger partial charge in [-0.15, -0.1) is 0 Å². The van der Waals surface area contributed by atoms with Gasteiger partial charge in [-0.05, 0) is 49.4 Å². The highest BCUT2D eigenvalue weighted by molar-refractivity contribution is 7.92. The van der Waals surface area contributed by atoms with Crippen molar-refractivity contribution in [3.05, 3.63) is 59.7 Å². The van der Waals surface area contributed by atoms with E-state index < -0.39 is 38.6 Å². The highest BCUT2D eigenvalue weighted by atomic mass is 32.2. The first kappa shape index (κ1) is 18.8. The van der Waals surface area contributed by atoms with E-state index in [1.165, 1.54) is 31.2 Å². The molecule has 0 heterocycles. The summed E-state index contributed by atoms with van der Waals surface area (Å²) in [6.45, 7) is 1.61. The third kappa shape index (κ3) is 4.97. The van der Waals surface area contributed by atoms with Crippen LogP contribution in [0, 0.1) is 11.6 Å². The molecule has 1 amide bonds. The molecule has 0 saturated carbocycles. The summed E-state index contributed by atoms with van der Waals surface area (Å²) in [6.07, 6.45) is -0.689. The summed E-state index contributed by atoms with van der Waals surface area (Å²) in [5, 5.41) is 11.6. The molecule has 2 aromatic carbocycles. The molecule has 0 aliphatic rings. The number of amides is 1. The summed E-state index contributed by atoms with van der Waals surface area (Å²) in [7, 11) is -4.10. The minimum Gasteiger partial charge on any atom is -0.392 e. The van der Waals surface area contributed by atoms with Crippen LogP contribution in [0.3, 0.4) is 0 Å². The third-order valence-electron chi connectivity index (χ3n) is 3.16. The molecule has 1 unspecified atom stereocenters. The number of sulfonamides is 1. The number of rotatable bonds is 6. The van der Waals surface area contributed by atoms with Crippen LogP contribution < -0.4 is 10.0 Å². The second kappa shape index (κ2) is 7.58. The molecule has 2 aromatic rings. The van der Waals surface area contributed by atoms with Gasteiger partial charge in [-0.2, -0.15) is 0 Å². The smallest absolute Gasteiger partial charge is 0.261 e. The average Bonchev–Trinajstić information content (AvgIpc) is 2.55. The van der Waals surface area contributed by atoms with Crippen LogP contribution in [0.5, 0.6) is 0 Å². The fraction of sp³-hybridized carbons (Fsp3) is 0.188. The fourth-order valence-electron chi connectivity index (χ4n) is 1.89. The van der Waals surface area contributed by atoms with E-state index in [0.29, 0.717) is 6.07 Å². The number of nitrogens with one attached hydrogen (secondary N) is 2. The number of anilines is 1. The zero-order valence-corrected chi connectivity index (χ0v) is 14.0. The number of hydrogen-bond acceptors (Lipinski definition) is 4. The van der Waals surface area contributed by atoms with E-state index >= 15 is 0 Å². The van der Waals surface area contributed by atoms with Crippen LogP contribution in [-0.4, -0.2) is 32.1 Å². The summed E-state index contributed by atoms with van der Waals surface area (Å²) >= 11 is 0. The predicted molar refractivity (Wildman–Crippen MR) is 87.6 cm³/mol. The molecule has 9 heteroatoms. The average molecular weight is 370 g/mol. The number of benzene rings is 2. The lowest BCUT2D eigenvalue weighted by Crippen LogP contribution is -2.30. The first-order valence-corrected chi connectivity index (χ1v) is 8.71. The fourth-order valence-corrected chi connectivity index (χ4v) is 2.96. The van der Waals surface area contributed by atoms with Crippen LogP contribution in [0.1, 0.15) is 17.3 Å². The van der Waals surface area contributed by atoms with Gasteiger partial charge < -0.3 is 10.4 Å². The normalized spacial score (nSPS) is 12.5. The monoisotopic (exact) mass is 370 g/mol.